The highest BCUT2D eigenvalue weighted by Crippen LogP contribution is 2.66. The SMILES string of the molecule is Brc1ccc2c3c(ccc2c1)O[C@@H]1c2c(ccc4c(Br)cccc24)O[C@]12C3=Cc1ccccc12. The molecule has 2 aliphatic heterocycles. The molecule has 0 radical (unpaired) electrons. The lowest BCUT2D eigenvalue weighted by Gasteiger charge is -2.40. The van der Waals surface area contributed by atoms with Crippen LogP contribution in [0, 0.1) is 0 Å². The van der Waals surface area contributed by atoms with Gasteiger partial charge < -0.3 is 9.47 Å². The van der Waals surface area contributed by atoms with Crippen LogP contribution in [0.2, 0.25) is 0 Å². The van der Waals surface area contributed by atoms with Crippen molar-refractivity contribution in [3.63, 3.8) is 0 Å². The van der Waals surface area contributed by atoms with Gasteiger partial charge in [0.15, 0.2) is 6.10 Å². The first-order chi connectivity index (χ1) is 16.6. The zero-order valence-electron chi connectivity index (χ0n) is 17.8. The molecule has 0 saturated carbocycles. The predicted octanol–water partition coefficient (Wildman–Crippen LogP) is 8.79. The first-order valence-corrected chi connectivity index (χ1v) is 12.8. The molecule has 5 aromatic rings. The number of ether oxygens (including phenoxy) is 2. The van der Waals surface area contributed by atoms with E-state index >= 15 is 0 Å². The van der Waals surface area contributed by atoms with E-state index < -0.39 is 5.60 Å². The molecule has 0 N–H and O–H groups in total. The van der Waals surface area contributed by atoms with Gasteiger partial charge in [-0.2, -0.15) is 0 Å². The molecule has 0 fully saturated rings. The van der Waals surface area contributed by atoms with Crippen molar-refractivity contribution in [2.45, 2.75) is 11.7 Å². The molecule has 0 saturated heterocycles. The molecule has 0 unspecified atom stereocenters. The summed E-state index contributed by atoms with van der Waals surface area (Å²) >= 11 is 7.36. The largest absolute Gasteiger partial charge is 0.480 e. The highest BCUT2D eigenvalue weighted by atomic mass is 79.9. The number of rotatable bonds is 0. The van der Waals surface area contributed by atoms with E-state index in [-0.39, 0.29) is 6.10 Å². The topological polar surface area (TPSA) is 18.5 Å². The Hall–Kier alpha value is -3.08. The van der Waals surface area contributed by atoms with E-state index in [1.54, 1.807) is 0 Å². The summed E-state index contributed by atoms with van der Waals surface area (Å²) in [6.07, 6.45) is 2.02. The lowest BCUT2D eigenvalue weighted by Crippen LogP contribution is -2.40. The summed E-state index contributed by atoms with van der Waals surface area (Å²) in [5.41, 5.74) is 5.04. The number of halogens is 2. The van der Waals surface area contributed by atoms with Gasteiger partial charge in [-0.05, 0) is 69.6 Å². The van der Waals surface area contributed by atoms with Gasteiger partial charge in [0.25, 0.3) is 0 Å². The molecule has 2 heterocycles. The van der Waals surface area contributed by atoms with Crippen LogP contribution in [0.3, 0.4) is 0 Å². The monoisotopic (exact) mass is 566 g/mol. The average Bonchev–Trinajstić information content (AvgIpc) is 3.37. The van der Waals surface area contributed by atoms with Crippen LogP contribution in [0.5, 0.6) is 11.5 Å². The fraction of sp³-hybridized carbons (Fsp3) is 0.0667. The smallest absolute Gasteiger partial charge is 0.201 e. The van der Waals surface area contributed by atoms with E-state index in [9.17, 15) is 0 Å². The van der Waals surface area contributed by atoms with Gasteiger partial charge in [0.1, 0.15) is 11.5 Å². The number of hydrogen-bond acceptors (Lipinski definition) is 2. The van der Waals surface area contributed by atoms with Crippen molar-refractivity contribution in [2.75, 3.05) is 0 Å². The molecular formula is C30H16Br2O2. The van der Waals surface area contributed by atoms with Crippen LogP contribution in [0.15, 0.2) is 93.9 Å². The number of hydrogen-bond donors (Lipinski definition) is 0. The van der Waals surface area contributed by atoms with Crippen molar-refractivity contribution in [3.05, 3.63) is 116 Å². The van der Waals surface area contributed by atoms with Crippen molar-refractivity contribution in [2.24, 2.45) is 0 Å². The molecule has 0 amide bonds. The molecule has 1 spiro atoms. The van der Waals surface area contributed by atoms with Crippen LogP contribution in [-0.2, 0) is 5.60 Å². The van der Waals surface area contributed by atoms with E-state index in [2.05, 4.69) is 123 Å². The minimum atomic E-state index is -0.718. The Bertz CT molecular complexity index is 1750. The van der Waals surface area contributed by atoms with E-state index in [4.69, 9.17) is 9.47 Å². The minimum absolute atomic E-state index is 0.282. The van der Waals surface area contributed by atoms with Crippen LogP contribution < -0.4 is 9.47 Å². The fourth-order valence-corrected chi connectivity index (χ4v) is 6.93. The summed E-state index contributed by atoms with van der Waals surface area (Å²) in [6.45, 7) is 0. The minimum Gasteiger partial charge on any atom is -0.480 e. The Morgan fingerprint density at radius 2 is 1.59 bits per heavy atom. The van der Waals surface area contributed by atoms with Gasteiger partial charge in [-0.25, -0.2) is 0 Å². The molecule has 0 aromatic heterocycles. The molecule has 8 rings (SSSR count). The summed E-state index contributed by atoms with van der Waals surface area (Å²) in [6, 6.07) is 29.8. The molecule has 162 valence electrons. The lowest BCUT2D eigenvalue weighted by atomic mass is 9.76. The molecular weight excluding hydrogens is 552 g/mol. The number of benzene rings is 5. The predicted molar refractivity (Wildman–Crippen MR) is 143 cm³/mol. The highest BCUT2D eigenvalue weighted by molar-refractivity contribution is 9.11. The van der Waals surface area contributed by atoms with E-state index in [0.717, 1.165) is 47.9 Å². The fourth-order valence-electron chi connectivity index (χ4n) is 6.06. The van der Waals surface area contributed by atoms with Crippen molar-refractivity contribution in [1.29, 1.82) is 0 Å². The quantitative estimate of drug-likeness (QED) is 0.186. The highest BCUT2D eigenvalue weighted by Gasteiger charge is 2.61. The second-order valence-corrected chi connectivity index (χ2v) is 10.9. The Morgan fingerprint density at radius 1 is 0.735 bits per heavy atom. The Labute approximate surface area is 213 Å². The third-order valence-electron chi connectivity index (χ3n) is 7.43. The van der Waals surface area contributed by atoms with Crippen LogP contribution in [0.25, 0.3) is 33.2 Å². The van der Waals surface area contributed by atoms with E-state index in [0.29, 0.717) is 0 Å². The zero-order chi connectivity index (χ0) is 22.6. The average molecular weight is 568 g/mol. The Kier molecular flexibility index (Phi) is 3.70. The third kappa shape index (κ3) is 2.26. The van der Waals surface area contributed by atoms with Crippen LogP contribution in [0.1, 0.15) is 28.4 Å². The van der Waals surface area contributed by atoms with Crippen molar-refractivity contribution in [3.8, 4) is 11.5 Å². The molecule has 1 aliphatic carbocycles. The van der Waals surface area contributed by atoms with Gasteiger partial charge in [0, 0.05) is 31.2 Å². The summed E-state index contributed by atoms with van der Waals surface area (Å²) in [4.78, 5) is 0. The van der Waals surface area contributed by atoms with Gasteiger partial charge in [-0.15, -0.1) is 0 Å². The second kappa shape index (κ2) is 6.53. The summed E-state index contributed by atoms with van der Waals surface area (Å²) in [5.74, 6) is 1.79. The molecule has 34 heavy (non-hydrogen) atoms. The first-order valence-electron chi connectivity index (χ1n) is 11.3. The maximum atomic E-state index is 7.01. The second-order valence-electron chi connectivity index (χ2n) is 9.10. The summed E-state index contributed by atoms with van der Waals surface area (Å²) in [7, 11) is 0. The molecule has 4 heteroatoms. The van der Waals surface area contributed by atoms with Crippen LogP contribution >= 0.6 is 31.9 Å². The lowest BCUT2D eigenvalue weighted by molar-refractivity contribution is 0.0240. The van der Waals surface area contributed by atoms with Crippen LogP contribution in [0.4, 0.5) is 0 Å². The Morgan fingerprint density at radius 3 is 2.53 bits per heavy atom. The third-order valence-corrected chi connectivity index (χ3v) is 8.62. The molecule has 3 aliphatic rings. The van der Waals surface area contributed by atoms with Crippen molar-refractivity contribution < 1.29 is 9.47 Å². The standard InChI is InChI=1S/C30H16Br2O2/c31-18-9-10-19-16(14-18)8-12-25-27(19)23-15-17-4-1-2-6-22(17)30(23)29(33-25)28-21-5-3-7-24(32)20(21)11-13-26(28)34-30/h1-15,29H/t29-,30-/m1/s1. The molecule has 2 atom stereocenters. The molecule has 0 bridgehead atoms. The first kappa shape index (κ1) is 19.2. The van der Waals surface area contributed by atoms with Crippen molar-refractivity contribution >= 4 is 65.1 Å². The number of fused-ring (bicyclic) bond motifs is 9. The molecule has 2 nitrogen and oxygen atoms in total. The van der Waals surface area contributed by atoms with Gasteiger partial charge in [-0.1, -0.05) is 80.4 Å². The van der Waals surface area contributed by atoms with E-state index in [1.807, 2.05) is 0 Å². The van der Waals surface area contributed by atoms with Gasteiger partial charge in [0.05, 0.1) is 0 Å². The van der Waals surface area contributed by atoms with Gasteiger partial charge >= 0.3 is 0 Å². The van der Waals surface area contributed by atoms with Gasteiger partial charge in [-0.3, -0.25) is 0 Å². The Balaban J connectivity index is 1.49. The van der Waals surface area contributed by atoms with Gasteiger partial charge in [0.2, 0.25) is 5.60 Å². The zero-order valence-corrected chi connectivity index (χ0v) is 21.0. The summed E-state index contributed by atoms with van der Waals surface area (Å²) in [5, 5.41) is 4.67. The summed E-state index contributed by atoms with van der Waals surface area (Å²) < 4.78 is 16.1. The van der Waals surface area contributed by atoms with E-state index in [1.165, 1.54) is 21.9 Å². The maximum Gasteiger partial charge on any atom is 0.201 e. The van der Waals surface area contributed by atoms with Crippen molar-refractivity contribution in [1.82, 2.24) is 0 Å². The molecule has 5 aromatic carbocycles. The van der Waals surface area contributed by atoms with Crippen LogP contribution in [-0.4, -0.2) is 0 Å². The normalized spacial score (nSPS) is 21.1. The maximum absolute atomic E-state index is 7.01.